The van der Waals surface area contributed by atoms with Crippen molar-refractivity contribution in [1.82, 2.24) is 25.5 Å². The minimum Gasteiger partial charge on any atom is -0.352 e. The number of benzene rings is 2. The molecule has 0 unspecified atom stereocenters. The largest absolute Gasteiger partial charge is 0.416 e. The van der Waals surface area contributed by atoms with Crippen LogP contribution in [0.4, 0.5) is 18.9 Å². The number of nitrogens with one attached hydrogen (secondary N) is 2. The summed E-state index contributed by atoms with van der Waals surface area (Å²) in [6.45, 7) is 0.680. The van der Waals surface area contributed by atoms with Crippen LogP contribution in [0.15, 0.2) is 59.8 Å². The van der Waals surface area contributed by atoms with Crippen molar-refractivity contribution >= 4 is 21.6 Å². The normalized spacial score (nSPS) is 11.8. The lowest BCUT2D eigenvalue weighted by atomic mass is 10.1. The number of carbonyl (C=O) groups is 1. The van der Waals surface area contributed by atoms with Crippen LogP contribution >= 0.6 is 0 Å². The Kier molecular flexibility index (Phi) is 6.53. The van der Waals surface area contributed by atoms with E-state index in [1.807, 2.05) is 0 Å². The summed E-state index contributed by atoms with van der Waals surface area (Å²) in [5.74, 6) is -0.547. The topological polar surface area (TPSA) is 119 Å². The zero-order valence-corrected chi connectivity index (χ0v) is 16.7. The van der Waals surface area contributed by atoms with E-state index in [-0.39, 0.29) is 17.8 Å². The summed E-state index contributed by atoms with van der Waals surface area (Å²) in [4.78, 5) is 13.3. The second-order valence-corrected chi connectivity index (χ2v) is 8.00. The number of para-hydroxylation sites is 1. The number of aryl methyl sites for hydroxylation is 1. The Labute approximate surface area is 175 Å². The van der Waals surface area contributed by atoms with E-state index in [2.05, 4.69) is 25.4 Å². The van der Waals surface area contributed by atoms with Crippen molar-refractivity contribution in [2.45, 2.75) is 24.0 Å². The van der Waals surface area contributed by atoms with Gasteiger partial charge in [-0.15, -0.1) is 10.2 Å². The zero-order valence-electron chi connectivity index (χ0n) is 15.9. The Morgan fingerprint density at radius 1 is 1.10 bits per heavy atom. The SMILES string of the molecule is O=C(NCCCn1ncnn1)c1ccccc1NS(=O)(=O)c1cccc(C(F)(F)F)c1. The predicted molar refractivity (Wildman–Crippen MR) is 103 cm³/mol. The summed E-state index contributed by atoms with van der Waals surface area (Å²) >= 11 is 0. The van der Waals surface area contributed by atoms with Gasteiger partial charge in [-0.2, -0.15) is 18.0 Å². The Morgan fingerprint density at radius 2 is 1.87 bits per heavy atom. The van der Waals surface area contributed by atoms with E-state index in [0.29, 0.717) is 19.0 Å². The van der Waals surface area contributed by atoms with E-state index in [1.54, 1.807) is 0 Å². The van der Waals surface area contributed by atoms with Crippen LogP contribution in [-0.2, 0) is 22.7 Å². The van der Waals surface area contributed by atoms with Gasteiger partial charge in [0, 0.05) is 6.54 Å². The van der Waals surface area contributed by atoms with Crippen molar-refractivity contribution in [3.63, 3.8) is 0 Å². The van der Waals surface area contributed by atoms with Gasteiger partial charge in [0.05, 0.1) is 28.3 Å². The number of alkyl halides is 3. The second-order valence-electron chi connectivity index (χ2n) is 6.32. The van der Waals surface area contributed by atoms with Crippen LogP contribution in [0.3, 0.4) is 0 Å². The van der Waals surface area contributed by atoms with Crippen LogP contribution in [-0.4, -0.2) is 41.1 Å². The van der Waals surface area contributed by atoms with E-state index in [0.717, 1.165) is 18.2 Å². The summed E-state index contributed by atoms with van der Waals surface area (Å²) in [5.41, 5.74) is -1.13. The number of carbonyl (C=O) groups excluding carboxylic acids is 1. The molecule has 1 aromatic heterocycles. The van der Waals surface area contributed by atoms with Crippen LogP contribution < -0.4 is 10.0 Å². The van der Waals surface area contributed by atoms with Crippen molar-refractivity contribution in [3.05, 3.63) is 66.0 Å². The lowest BCUT2D eigenvalue weighted by Gasteiger charge is -2.14. The van der Waals surface area contributed by atoms with Gasteiger partial charge >= 0.3 is 6.18 Å². The first-order valence-electron chi connectivity index (χ1n) is 8.95. The fourth-order valence-corrected chi connectivity index (χ4v) is 3.75. The van der Waals surface area contributed by atoms with E-state index in [9.17, 15) is 26.4 Å². The van der Waals surface area contributed by atoms with Gasteiger partial charge in [0.25, 0.3) is 15.9 Å². The monoisotopic (exact) mass is 454 g/mol. The molecule has 2 N–H and O–H groups in total. The molecule has 0 spiro atoms. The van der Waals surface area contributed by atoms with Crippen LogP contribution in [0.2, 0.25) is 0 Å². The highest BCUT2D eigenvalue weighted by atomic mass is 32.2. The number of hydrogen-bond donors (Lipinski definition) is 2. The van der Waals surface area contributed by atoms with Crippen LogP contribution in [0.1, 0.15) is 22.3 Å². The standard InChI is InChI=1S/C18H17F3N6O3S/c19-18(20,21)13-5-3-6-14(11-13)31(29,30)25-16-8-2-1-7-15(16)17(28)22-9-4-10-27-24-12-23-26-27/h1-3,5-8,11-12,25H,4,9-10H2,(H,22,28). The predicted octanol–water partition coefficient (Wildman–Crippen LogP) is 2.31. The second kappa shape index (κ2) is 9.12. The van der Waals surface area contributed by atoms with Gasteiger partial charge in [-0.25, -0.2) is 8.42 Å². The molecule has 1 amide bonds. The van der Waals surface area contributed by atoms with E-state index >= 15 is 0 Å². The van der Waals surface area contributed by atoms with Gasteiger partial charge in [-0.1, -0.05) is 18.2 Å². The van der Waals surface area contributed by atoms with Crippen molar-refractivity contribution in [2.75, 3.05) is 11.3 Å². The molecule has 0 aliphatic carbocycles. The van der Waals surface area contributed by atoms with Gasteiger partial charge in [-0.05, 0) is 42.0 Å². The summed E-state index contributed by atoms with van der Waals surface area (Å²) in [5, 5.41) is 13.7. The van der Waals surface area contributed by atoms with Crippen molar-refractivity contribution in [1.29, 1.82) is 0 Å². The first kappa shape index (κ1) is 22.2. The van der Waals surface area contributed by atoms with E-state index < -0.39 is 32.6 Å². The fourth-order valence-electron chi connectivity index (χ4n) is 2.62. The molecule has 0 aliphatic rings. The Bertz CT molecular complexity index is 1150. The number of sulfonamides is 1. The molecule has 0 aliphatic heterocycles. The molecule has 31 heavy (non-hydrogen) atoms. The van der Waals surface area contributed by atoms with Gasteiger partial charge in [0.1, 0.15) is 0 Å². The molecule has 3 rings (SSSR count). The molecule has 1 heterocycles. The number of tetrazole rings is 1. The molecule has 0 bridgehead atoms. The first-order valence-corrected chi connectivity index (χ1v) is 10.4. The maximum absolute atomic E-state index is 12.9. The molecule has 3 aromatic rings. The summed E-state index contributed by atoms with van der Waals surface area (Å²) in [6.07, 6.45) is -2.91. The molecule has 0 saturated carbocycles. The molecule has 0 radical (unpaired) electrons. The Balaban J connectivity index is 1.71. The van der Waals surface area contributed by atoms with E-state index in [4.69, 9.17) is 0 Å². The van der Waals surface area contributed by atoms with Crippen LogP contribution in [0.25, 0.3) is 0 Å². The van der Waals surface area contributed by atoms with Gasteiger partial charge in [0.15, 0.2) is 6.33 Å². The maximum Gasteiger partial charge on any atom is 0.416 e. The molecule has 164 valence electrons. The molecule has 13 heteroatoms. The average molecular weight is 454 g/mol. The first-order chi connectivity index (χ1) is 14.7. The van der Waals surface area contributed by atoms with Crippen LogP contribution in [0.5, 0.6) is 0 Å². The number of aromatic nitrogens is 4. The molecule has 9 nitrogen and oxygen atoms in total. The maximum atomic E-state index is 12.9. The molecule has 0 fully saturated rings. The number of nitrogens with zero attached hydrogens (tertiary/aromatic N) is 4. The molecular formula is C18H17F3N6O3S. The van der Waals surface area contributed by atoms with Crippen molar-refractivity contribution < 1.29 is 26.4 Å². The third-order valence-electron chi connectivity index (χ3n) is 4.10. The quantitative estimate of drug-likeness (QED) is 0.504. The zero-order chi connectivity index (χ0) is 22.5. The minimum absolute atomic E-state index is 0.0249. The average Bonchev–Trinajstić information content (AvgIpc) is 3.24. The third-order valence-corrected chi connectivity index (χ3v) is 5.46. The third kappa shape index (κ3) is 5.78. The van der Waals surface area contributed by atoms with Crippen LogP contribution in [0, 0.1) is 0 Å². The minimum atomic E-state index is -4.69. The summed E-state index contributed by atoms with van der Waals surface area (Å²) < 4.78 is 66.1. The van der Waals surface area contributed by atoms with Gasteiger partial charge in [-0.3, -0.25) is 9.52 Å². The van der Waals surface area contributed by atoms with Gasteiger partial charge < -0.3 is 5.32 Å². The number of amides is 1. The highest BCUT2D eigenvalue weighted by Crippen LogP contribution is 2.31. The fraction of sp³-hybridized carbons (Fsp3) is 0.222. The van der Waals surface area contributed by atoms with Crippen molar-refractivity contribution in [3.8, 4) is 0 Å². The van der Waals surface area contributed by atoms with Gasteiger partial charge in [0.2, 0.25) is 0 Å². The van der Waals surface area contributed by atoms with Crippen molar-refractivity contribution in [2.24, 2.45) is 0 Å². The lowest BCUT2D eigenvalue weighted by molar-refractivity contribution is -0.137. The molecule has 0 saturated heterocycles. The smallest absolute Gasteiger partial charge is 0.352 e. The molecular weight excluding hydrogens is 437 g/mol. The molecule has 2 aromatic carbocycles. The summed E-state index contributed by atoms with van der Waals surface area (Å²) in [7, 11) is -4.36. The number of rotatable bonds is 8. The number of hydrogen-bond acceptors (Lipinski definition) is 6. The molecule has 0 atom stereocenters. The Morgan fingerprint density at radius 3 is 2.58 bits per heavy atom. The lowest BCUT2D eigenvalue weighted by Crippen LogP contribution is -2.27. The highest BCUT2D eigenvalue weighted by Gasteiger charge is 2.31. The number of halogens is 3. The summed E-state index contributed by atoms with van der Waals surface area (Å²) in [6, 6.07) is 9.13. The number of anilines is 1. The van der Waals surface area contributed by atoms with E-state index in [1.165, 1.54) is 35.4 Å². The Hall–Kier alpha value is -3.48. The highest BCUT2D eigenvalue weighted by molar-refractivity contribution is 7.92.